The predicted octanol–water partition coefficient (Wildman–Crippen LogP) is 3.48. The first-order valence-electron chi connectivity index (χ1n) is 8.97. The summed E-state index contributed by atoms with van der Waals surface area (Å²) < 4.78 is 24.8. The molecule has 26 heavy (non-hydrogen) atoms. The molecule has 1 heterocycles. The van der Waals surface area contributed by atoms with Crippen LogP contribution in [0.15, 0.2) is 24.5 Å². The first-order chi connectivity index (χ1) is 12.1. The van der Waals surface area contributed by atoms with Crippen molar-refractivity contribution in [2.45, 2.75) is 63.8 Å². The van der Waals surface area contributed by atoms with Gasteiger partial charge in [0.25, 0.3) is 0 Å². The monoisotopic (exact) mass is 402 g/mol. The van der Waals surface area contributed by atoms with Gasteiger partial charge in [0.05, 0.1) is 5.56 Å². The van der Waals surface area contributed by atoms with Crippen LogP contribution in [0.2, 0.25) is 0 Å². The van der Waals surface area contributed by atoms with Crippen molar-refractivity contribution < 1.29 is 28.4 Å². The van der Waals surface area contributed by atoms with Crippen molar-refractivity contribution in [2.75, 3.05) is 6.66 Å². The summed E-state index contributed by atoms with van der Waals surface area (Å²) in [6.45, 7) is 2.93. The Balaban J connectivity index is 2.64. The number of rotatable bonds is 10. The third-order valence-corrected chi connectivity index (χ3v) is 8.46. The van der Waals surface area contributed by atoms with E-state index >= 15 is 0 Å². The molecule has 0 aliphatic carbocycles. The molecule has 1 aromatic rings. The first-order valence-corrected chi connectivity index (χ1v) is 12.8. The van der Waals surface area contributed by atoms with E-state index in [1.54, 1.807) is 18.5 Å². The smallest absolute Gasteiger partial charge is 0.344 e. The Morgan fingerprint density at radius 3 is 2.38 bits per heavy atom. The second kappa shape index (κ2) is 11.0. The summed E-state index contributed by atoms with van der Waals surface area (Å²) in [7, 11) is -8.63. The molecule has 1 aromatic heterocycles. The van der Waals surface area contributed by atoms with Crippen LogP contribution < -0.4 is 4.57 Å². The lowest BCUT2D eigenvalue weighted by Crippen LogP contribution is -2.39. The van der Waals surface area contributed by atoms with Crippen molar-refractivity contribution in [2.24, 2.45) is 0 Å². The van der Waals surface area contributed by atoms with E-state index in [1.807, 2.05) is 6.07 Å². The molecule has 3 N–H and O–H groups in total. The van der Waals surface area contributed by atoms with Crippen LogP contribution in [0.1, 0.15) is 57.4 Å². The average molecular weight is 402 g/mol. The third kappa shape index (κ3) is 9.12. The SMILES string of the molecule is CCCCCCCCC#Cc1ccc[n+](CC(P(C)(=O)O)P(=O)(O)O)c1. The third-order valence-electron chi connectivity index (χ3n) is 4.06. The molecule has 2 atom stereocenters. The minimum atomic E-state index is -4.69. The zero-order valence-electron chi connectivity index (χ0n) is 15.5. The van der Waals surface area contributed by atoms with Crippen LogP contribution in [-0.2, 0) is 15.7 Å². The highest BCUT2D eigenvalue weighted by Gasteiger charge is 2.43. The Labute approximate surface area is 156 Å². The van der Waals surface area contributed by atoms with Crippen LogP contribution in [0.5, 0.6) is 0 Å². The van der Waals surface area contributed by atoms with Crippen molar-refractivity contribution in [1.82, 2.24) is 0 Å². The average Bonchev–Trinajstić information content (AvgIpc) is 2.53. The molecular formula is C18H30NO5P2+. The number of nitrogens with zero attached hydrogens (tertiary/aromatic N) is 1. The largest absolute Gasteiger partial charge is 0.344 e. The second-order valence-electron chi connectivity index (χ2n) is 6.62. The molecular weight excluding hydrogens is 372 g/mol. The van der Waals surface area contributed by atoms with Crippen LogP contribution in [0, 0.1) is 11.8 Å². The van der Waals surface area contributed by atoms with Gasteiger partial charge in [-0.15, -0.1) is 0 Å². The van der Waals surface area contributed by atoms with Crippen LogP contribution >= 0.6 is 15.0 Å². The number of hydrogen-bond acceptors (Lipinski definition) is 2. The van der Waals surface area contributed by atoms with Gasteiger partial charge in [-0.2, -0.15) is 0 Å². The first kappa shape index (κ1) is 23.1. The van der Waals surface area contributed by atoms with Gasteiger partial charge in [-0.25, -0.2) is 4.57 Å². The lowest BCUT2D eigenvalue weighted by molar-refractivity contribution is -0.694. The minimum absolute atomic E-state index is 0.235. The quantitative estimate of drug-likeness (QED) is 0.241. The zero-order valence-corrected chi connectivity index (χ0v) is 17.3. The van der Waals surface area contributed by atoms with Crippen molar-refractivity contribution >= 4 is 15.0 Å². The molecule has 0 aromatic carbocycles. The summed E-state index contributed by atoms with van der Waals surface area (Å²) in [6, 6.07) is 3.52. The van der Waals surface area contributed by atoms with Crippen molar-refractivity contribution in [3.05, 3.63) is 30.1 Å². The summed E-state index contributed by atoms with van der Waals surface area (Å²) in [4.78, 5) is 28.4. The number of hydrogen-bond donors (Lipinski definition) is 3. The standard InChI is InChI=1S/C18H29NO5P2/c1-3-4-5-6-7-8-9-10-12-17-13-11-14-19(15-17)16-18(25(2,20)21)26(22,23)24/h11,13-15,18H,3-9,16H2,1-2H3,(H2-,20,21,22,23,24)/p+1. The molecule has 0 aliphatic heterocycles. The maximum atomic E-state index is 11.8. The van der Waals surface area contributed by atoms with E-state index in [2.05, 4.69) is 18.8 Å². The molecule has 0 fully saturated rings. The maximum Gasteiger partial charge on any atom is 0.344 e. The van der Waals surface area contributed by atoms with Gasteiger partial charge < -0.3 is 14.7 Å². The normalized spacial score (nSPS) is 15.0. The predicted molar refractivity (Wildman–Crippen MR) is 103 cm³/mol. The maximum absolute atomic E-state index is 11.8. The van der Waals surface area contributed by atoms with E-state index in [1.165, 1.54) is 36.7 Å². The zero-order chi connectivity index (χ0) is 19.6. The molecule has 0 saturated carbocycles. The highest BCUT2D eigenvalue weighted by molar-refractivity contribution is 7.73. The Bertz CT molecular complexity index is 692. The van der Waals surface area contributed by atoms with Gasteiger partial charge in [-0.05, 0) is 12.5 Å². The molecule has 0 amide bonds. The highest BCUT2D eigenvalue weighted by Crippen LogP contribution is 2.60. The molecule has 0 aliphatic rings. The minimum Gasteiger partial charge on any atom is -0.344 e. The van der Waals surface area contributed by atoms with Gasteiger partial charge in [-0.3, -0.25) is 9.13 Å². The summed E-state index contributed by atoms with van der Waals surface area (Å²) in [6.07, 6.45) is 11.3. The van der Waals surface area contributed by atoms with Gasteiger partial charge >= 0.3 is 7.60 Å². The van der Waals surface area contributed by atoms with E-state index < -0.39 is 20.4 Å². The van der Waals surface area contributed by atoms with Crippen LogP contribution in [-0.4, -0.2) is 26.7 Å². The van der Waals surface area contributed by atoms with E-state index in [9.17, 15) is 23.8 Å². The topological polar surface area (TPSA) is 98.7 Å². The van der Waals surface area contributed by atoms with E-state index in [0.717, 1.165) is 19.5 Å². The van der Waals surface area contributed by atoms with Crippen LogP contribution in [0.25, 0.3) is 0 Å². The highest BCUT2D eigenvalue weighted by atomic mass is 31.2. The summed E-state index contributed by atoms with van der Waals surface area (Å²) >= 11 is 0. The fraction of sp³-hybridized carbons (Fsp3) is 0.611. The molecule has 2 unspecified atom stereocenters. The molecule has 0 spiro atoms. The van der Waals surface area contributed by atoms with Crippen molar-refractivity contribution in [3.63, 3.8) is 0 Å². The molecule has 0 bridgehead atoms. The summed E-state index contributed by atoms with van der Waals surface area (Å²) in [5, 5.41) is -1.62. The molecule has 146 valence electrons. The summed E-state index contributed by atoms with van der Waals surface area (Å²) in [5.74, 6) is 6.15. The molecule has 0 saturated heterocycles. The van der Waals surface area contributed by atoms with Gasteiger partial charge in [-0.1, -0.05) is 50.9 Å². The lowest BCUT2D eigenvalue weighted by Gasteiger charge is -2.18. The van der Waals surface area contributed by atoms with Gasteiger partial charge in [0, 0.05) is 19.2 Å². The molecule has 1 rings (SSSR count). The van der Waals surface area contributed by atoms with Crippen LogP contribution in [0.3, 0.4) is 0 Å². The number of unbranched alkanes of at least 4 members (excludes halogenated alkanes) is 6. The Morgan fingerprint density at radius 2 is 1.77 bits per heavy atom. The Hall–Kier alpha value is -0.950. The van der Waals surface area contributed by atoms with E-state index in [-0.39, 0.29) is 6.54 Å². The van der Waals surface area contributed by atoms with E-state index in [4.69, 9.17) is 0 Å². The van der Waals surface area contributed by atoms with Gasteiger partial charge in [0.15, 0.2) is 24.3 Å². The van der Waals surface area contributed by atoms with Gasteiger partial charge in [0.1, 0.15) is 0 Å². The van der Waals surface area contributed by atoms with Crippen molar-refractivity contribution in [1.29, 1.82) is 0 Å². The van der Waals surface area contributed by atoms with Crippen LogP contribution in [0.4, 0.5) is 0 Å². The number of pyridine rings is 1. The second-order valence-corrected chi connectivity index (χ2v) is 11.3. The Morgan fingerprint density at radius 1 is 1.12 bits per heavy atom. The molecule has 0 radical (unpaired) electrons. The van der Waals surface area contributed by atoms with E-state index in [0.29, 0.717) is 5.56 Å². The molecule has 6 nitrogen and oxygen atoms in total. The fourth-order valence-electron chi connectivity index (χ4n) is 2.59. The van der Waals surface area contributed by atoms with Gasteiger partial charge in [0.2, 0.25) is 7.37 Å². The van der Waals surface area contributed by atoms with Crippen molar-refractivity contribution in [3.8, 4) is 11.8 Å². The Kier molecular flexibility index (Phi) is 9.79. The molecule has 8 heteroatoms. The lowest BCUT2D eigenvalue weighted by atomic mass is 10.1. The fourth-order valence-corrected chi connectivity index (χ4v) is 5.72. The summed E-state index contributed by atoms with van der Waals surface area (Å²) in [5.41, 5.74) is 0.715. The number of aromatic nitrogens is 1.